The standard InChI is InChI=1S/C21H27N3O/c1-16-9-10-20(17(2)15-16)22-18(3)21(25)24-13-11-23(12-14-24)19-7-5-4-6-8-19/h4-10,15,18,22H,11-14H2,1-3H3/t18-/m1/s1. The molecule has 0 spiro atoms. The lowest BCUT2D eigenvalue weighted by atomic mass is 10.1. The summed E-state index contributed by atoms with van der Waals surface area (Å²) >= 11 is 0. The highest BCUT2D eigenvalue weighted by Crippen LogP contribution is 2.19. The van der Waals surface area contributed by atoms with Gasteiger partial charge in [-0.1, -0.05) is 35.9 Å². The fourth-order valence-electron chi connectivity index (χ4n) is 3.37. The van der Waals surface area contributed by atoms with Crippen LogP contribution in [0.3, 0.4) is 0 Å². The Balaban J connectivity index is 1.56. The average Bonchev–Trinajstić information content (AvgIpc) is 2.64. The summed E-state index contributed by atoms with van der Waals surface area (Å²) in [5.74, 6) is 0.174. The summed E-state index contributed by atoms with van der Waals surface area (Å²) in [4.78, 5) is 17.1. The monoisotopic (exact) mass is 337 g/mol. The quantitative estimate of drug-likeness (QED) is 0.928. The van der Waals surface area contributed by atoms with Crippen LogP contribution in [0.25, 0.3) is 0 Å². The summed E-state index contributed by atoms with van der Waals surface area (Å²) in [6, 6.07) is 16.5. The van der Waals surface area contributed by atoms with E-state index in [4.69, 9.17) is 0 Å². The molecule has 1 atom stereocenters. The first-order valence-corrected chi connectivity index (χ1v) is 8.97. The number of piperazine rings is 1. The van der Waals surface area contributed by atoms with Gasteiger partial charge in [0.05, 0.1) is 0 Å². The van der Waals surface area contributed by atoms with Crippen LogP contribution in [0.5, 0.6) is 0 Å². The van der Waals surface area contributed by atoms with E-state index in [-0.39, 0.29) is 11.9 Å². The molecule has 1 saturated heterocycles. The molecule has 2 aromatic carbocycles. The van der Waals surface area contributed by atoms with Gasteiger partial charge in [-0.25, -0.2) is 0 Å². The van der Waals surface area contributed by atoms with Crippen molar-refractivity contribution in [1.82, 2.24) is 4.90 Å². The van der Waals surface area contributed by atoms with Gasteiger partial charge >= 0.3 is 0 Å². The number of nitrogens with zero attached hydrogens (tertiary/aromatic N) is 2. The van der Waals surface area contributed by atoms with E-state index in [9.17, 15) is 4.79 Å². The van der Waals surface area contributed by atoms with E-state index >= 15 is 0 Å². The van der Waals surface area contributed by atoms with Crippen LogP contribution in [-0.2, 0) is 4.79 Å². The zero-order valence-electron chi connectivity index (χ0n) is 15.3. The van der Waals surface area contributed by atoms with E-state index in [0.29, 0.717) is 0 Å². The van der Waals surface area contributed by atoms with E-state index in [2.05, 4.69) is 66.5 Å². The zero-order valence-corrected chi connectivity index (χ0v) is 15.3. The molecule has 132 valence electrons. The number of hydrogen-bond acceptors (Lipinski definition) is 3. The fourth-order valence-corrected chi connectivity index (χ4v) is 3.37. The van der Waals surface area contributed by atoms with Crippen LogP contribution in [0, 0.1) is 13.8 Å². The highest BCUT2D eigenvalue weighted by Gasteiger charge is 2.25. The van der Waals surface area contributed by atoms with E-state index in [0.717, 1.165) is 31.9 Å². The average molecular weight is 337 g/mol. The maximum atomic E-state index is 12.8. The third kappa shape index (κ3) is 4.13. The maximum absolute atomic E-state index is 12.8. The van der Waals surface area contributed by atoms with Crippen LogP contribution < -0.4 is 10.2 Å². The van der Waals surface area contributed by atoms with Crippen molar-refractivity contribution in [2.24, 2.45) is 0 Å². The number of para-hydroxylation sites is 1. The second-order valence-corrected chi connectivity index (χ2v) is 6.83. The third-order valence-corrected chi connectivity index (χ3v) is 4.84. The molecular weight excluding hydrogens is 310 g/mol. The summed E-state index contributed by atoms with van der Waals surface area (Å²) in [5.41, 5.74) is 4.68. The van der Waals surface area contributed by atoms with E-state index in [1.807, 2.05) is 17.9 Å². The van der Waals surface area contributed by atoms with Crippen LogP contribution in [-0.4, -0.2) is 43.0 Å². The van der Waals surface area contributed by atoms with Gasteiger partial charge in [-0.3, -0.25) is 4.79 Å². The van der Waals surface area contributed by atoms with Crippen molar-refractivity contribution < 1.29 is 4.79 Å². The Kier molecular flexibility index (Phi) is 5.27. The Bertz CT molecular complexity index is 721. The second-order valence-electron chi connectivity index (χ2n) is 6.83. The molecule has 1 N–H and O–H groups in total. The van der Waals surface area contributed by atoms with Gasteiger partial charge in [-0.05, 0) is 44.5 Å². The molecule has 4 heteroatoms. The Morgan fingerprint density at radius 3 is 2.32 bits per heavy atom. The number of carbonyl (C=O) groups is 1. The molecule has 1 aliphatic rings. The highest BCUT2D eigenvalue weighted by atomic mass is 16.2. The Labute approximate surface area is 150 Å². The van der Waals surface area contributed by atoms with Crippen molar-refractivity contribution >= 4 is 17.3 Å². The van der Waals surface area contributed by atoms with Gasteiger partial charge in [-0.15, -0.1) is 0 Å². The molecule has 0 saturated carbocycles. The van der Waals surface area contributed by atoms with Crippen LogP contribution in [0.2, 0.25) is 0 Å². The van der Waals surface area contributed by atoms with Gasteiger partial charge in [-0.2, -0.15) is 0 Å². The van der Waals surface area contributed by atoms with Crippen molar-refractivity contribution in [2.75, 3.05) is 36.4 Å². The molecule has 1 aliphatic heterocycles. The Morgan fingerprint density at radius 2 is 1.68 bits per heavy atom. The molecule has 25 heavy (non-hydrogen) atoms. The highest BCUT2D eigenvalue weighted by molar-refractivity contribution is 5.84. The summed E-state index contributed by atoms with van der Waals surface area (Å²) in [7, 11) is 0. The number of hydrogen-bond donors (Lipinski definition) is 1. The number of carbonyl (C=O) groups excluding carboxylic acids is 1. The Morgan fingerprint density at radius 1 is 1.00 bits per heavy atom. The van der Waals surface area contributed by atoms with Crippen molar-refractivity contribution in [3.63, 3.8) is 0 Å². The molecule has 1 fully saturated rings. The lowest BCUT2D eigenvalue weighted by Gasteiger charge is -2.37. The minimum absolute atomic E-state index is 0.174. The summed E-state index contributed by atoms with van der Waals surface area (Å²) in [6.07, 6.45) is 0. The normalized spacial score (nSPS) is 15.8. The lowest BCUT2D eigenvalue weighted by molar-refractivity contribution is -0.131. The Hall–Kier alpha value is -2.49. The van der Waals surface area contributed by atoms with Gasteiger partial charge in [0.1, 0.15) is 6.04 Å². The first kappa shape index (κ1) is 17.3. The number of anilines is 2. The molecule has 1 amide bonds. The molecular formula is C21H27N3O. The fraction of sp³-hybridized carbons (Fsp3) is 0.381. The van der Waals surface area contributed by atoms with Gasteiger partial charge in [0.15, 0.2) is 0 Å². The van der Waals surface area contributed by atoms with E-state index in [1.165, 1.54) is 16.8 Å². The minimum Gasteiger partial charge on any atom is -0.374 e. The molecule has 1 heterocycles. The van der Waals surface area contributed by atoms with Crippen molar-refractivity contribution in [2.45, 2.75) is 26.8 Å². The molecule has 2 aromatic rings. The molecule has 3 rings (SSSR count). The first-order chi connectivity index (χ1) is 12.0. The van der Waals surface area contributed by atoms with Crippen molar-refractivity contribution in [3.8, 4) is 0 Å². The van der Waals surface area contributed by atoms with Gasteiger partial charge in [0, 0.05) is 37.6 Å². The number of nitrogens with one attached hydrogen (secondary N) is 1. The van der Waals surface area contributed by atoms with Crippen LogP contribution in [0.4, 0.5) is 11.4 Å². The first-order valence-electron chi connectivity index (χ1n) is 8.97. The van der Waals surface area contributed by atoms with Crippen molar-refractivity contribution in [1.29, 1.82) is 0 Å². The minimum atomic E-state index is -0.218. The number of benzene rings is 2. The van der Waals surface area contributed by atoms with Crippen molar-refractivity contribution in [3.05, 3.63) is 59.7 Å². The topological polar surface area (TPSA) is 35.6 Å². The second kappa shape index (κ2) is 7.60. The molecule has 0 radical (unpaired) electrons. The molecule has 0 unspecified atom stereocenters. The number of aryl methyl sites for hydroxylation is 2. The summed E-state index contributed by atoms with van der Waals surface area (Å²) < 4.78 is 0. The van der Waals surface area contributed by atoms with E-state index < -0.39 is 0 Å². The molecule has 0 bridgehead atoms. The molecule has 0 aliphatic carbocycles. The molecule has 4 nitrogen and oxygen atoms in total. The largest absolute Gasteiger partial charge is 0.374 e. The summed E-state index contributed by atoms with van der Waals surface area (Å²) in [6.45, 7) is 9.41. The van der Waals surface area contributed by atoms with Gasteiger partial charge < -0.3 is 15.1 Å². The number of amides is 1. The van der Waals surface area contributed by atoms with Crippen LogP contribution in [0.1, 0.15) is 18.1 Å². The van der Waals surface area contributed by atoms with Gasteiger partial charge in [0.2, 0.25) is 5.91 Å². The zero-order chi connectivity index (χ0) is 17.8. The van der Waals surface area contributed by atoms with Crippen LogP contribution >= 0.6 is 0 Å². The predicted octanol–water partition coefficient (Wildman–Crippen LogP) is 3.45. The smallest absolute Gasteiger partial charge is 0.244 e. The maximum Gasteiger partial charge on any atom is 0.244 e. The van der Waals surface area contributed by atoms with Gasteiger partial charge in [0.25, 0.3) is 0 Å². The van der Waals surface area contributed by atoms with E-state index in [1.54, 1.807) is 0 Å². The predicted molar refractivity (Wildman–Crippen MR) is 104 cm³/mol. The lowest BCUT2D eigenvalue weighted by Crippen LogP contribution is -2.52. The summed E-state index contributed by atoms with van der Waals surface area (Å²) in [5, 5.41) is 3.37. The number of rotatable bonds is 4. The third-order valence-electron chi connectivity index (χ3n) is 4.84. The SMILES string of the molecule is Cc1ccc(N[C@H](C)C(=O)N2CCN(c3ccccc3)CC2)c(C)c1. The molecule has 0 aromatic heterocycles. The van der Waals surface area contributed by atoms with Crippen LogP contribution in [0.15, 0.2) is 48.5 Å².